The summed E-state index contributed by atoms with van der Waals surface area (Å²) in [6, 6.07) is 3.53. The molecule has 0 spiro atoms. The lowest BCUT2D eigenvalue weighted by atomic mass is 10.0. The standard InChI is InChI=1S/C13H16ClN3O2/c1-9(18)16-10-4-7-17(8-5-10)13(19)11-3-2-6-15-12(11)14/h2-3,6,10H,4-5,7-8H2,1H3,(H,16,18). The van der Waals surface area contributed by atoms with Gasteiger partial charge in [-0.1, -0.05) is 11.6 Å². The predicted octanol–water partition coefficient (Wildman–Crippen LogP) is 1.48. The van der Waals surface area contributed by atoms with Gasteiger partial charge in [0.05, 0.1) is 5.56 Å². The molecule has 1 aliphatic heterocycles. The van der Waals surface area contributed by atoms with E-state index in [9.17, 15) is 9.59 Å². The van der Waals surface area contributed by atoms with E-state index >= 15 is 0 Å². The minimum absolute atomic E-state index is 0.0277. The van der Waals surface area contributed by atoms with Crippen molar-refractivity contribution in [2.45, 2.75) is 25.8 Å². The molecule has 5 nitrogen and oxygen atoms in total. The van der Waals surface area contributed by atoms with Crippen LogP contribution in [0.3, 0.4) is 0 Å². The van der Waals surface area contributed by atoms with Gasteiger partial charge in [0.2, 0.25) is 5.91 Å². The first kappa shape index (κ1) is 13.8. The van der Waals surface area contributed by atoms with Crippen LogP contribution in [0, 0.1) is 0 Å². The van der Waals surface area contributed by atoms with Gasteiger partial charge in [-0.15, -0.1) is 0 Å². The molecule has 19 heavy (non-hydrogen) atoms. The van der Waals surface area contributed by atoms with Gasteiger partial charge in [0.15, 0.2) is 0 Å². The molecule has 1 aromatic rings. The van der Waals surface area contributed by atoms with E-state index in [-0.39, 0.29) is 23.0 Å². The van der Waals surface area contributed by atoms with Crippen molar-refractivity contribution in [1.82, 2.24) is 15.2 Å². The highest BCUT2D eigenvalue weighted by atomic mass is 35.5. The molecule has 0 atom stereocenters. The fourth-order valence-electron chi connectivity index (χ4n) is 2.23. The van der Waals surface area contributed by atoms with Crippen molar-refractivity contribution in [3.8, 4) is 0 Å². The van der Waals surface area contributed by atoms with Crippen molar-refractivity contribution in [3.05, 3.63) is 29.0 Å². The highest BCUT2D eigenvalue weighted by Gasteiger charge is 2.25. The molecular weight excluding hydrogens is 266 g/mol. The Labute approximate surface area is 117 Å². The predicted molar refractivity (Wildman–Crippen MR) is 72.0 cm³/mol. The summed E-state index contributed by atoms with van der Waals surface area (Å²) in [7, 11) is 0. The van der Waals surface area contributed by atoms with Gasteiger partial charge < -0.3 is 10.2 Å². The molecule has 0 aliphatic carbocycles. The van der Waals surface area contributed by atoms with E-state index in [0.29, 0.717) is 18.7 Å². The molecule has 0 aromatic carbocycles. The van der Waals surface area contributed by atoms with Crippen LogP contribution in [0.4, 0.5) is 0 Å². The average Bonchev–Trinajstić information content (AvgIpc) is 2.39. The van der Waals surface area contributed by atoms with Crippen LogP contribution in [0.25, 0.3) is 0 Å². The van der Waals surface area contributed by atoms with Crippen molar-refractivity contribution in [1.29, 1.82) is 0 Å². The van der Waals surface area contributed by atoms with Gasteiger partial charge in [-0.05, 0) is 25.0 Å². The first-order valence-corrected chi connectivity index (χ1v) is 6.62. The molecule has 1 saturated heterocycles. The molecular formula is C13H16ClN3O2. The molecule has 2 amide bonds. The topological polar surface area (TPSA) is 62.3 Å². The Hall–Kier alpha value is -1.62. The number of carbonyl (C=O) groups is 2. The first-order chi connectivity index (χ1) is 9.08. The summed E-state index contributed by atoms with van der Waals surface area (Å²) in [6.07, 6.45) is 3.09. The molecule has 1 N–H and O–H groups in total. The Morgan fingerprint density at radius 3 is 2.68 bits per heavy atom. The number of likely N-dealkylation sites (tertiary alicyclic amines) is 1. The fraction of sp³-hybridized carbons (Fsp3) is 0.462. The van der Waals surface area contributed by atoms with Crippen LogP contribution in [0.1, 0.15) is 30.1 Å². The molecule has 1 aromatic heterocycles. The van der Waals surface area contributed by atoms with Crippen LogP contribution >= 0.6 is 11.6 Å². The Morgan fingerprint density at radius 2 is 2.11 bits per heavy atom. The molecule has 0 radical (unpaired) electrons. The molecule has 1 aliphatic rings. The smallest absolute Gasteiger partial charge is 0.256 e. The molecule has 0 bridgehead atoms. The number of hydrogen-bond acceptors (Lipinski definition) is 3. The quantitative estimate of drug-likeness (QED) is 0.835. The van der Waals surface area contributed by atoms with Gasteiger partial charge in [-0.25, -0.2) is 4.98 Å². The number of nitrogens with zero attached hydrogens (tertiary/aromatic N) is 2. The van der Waals surface area contributed by atoms with Gasteiger partial charge in [-0.2, -0.15) is 0 Å². The molecule has 2 heterocycles. The summed E-state index contributed by atoms with van der Waals surface area (Å²) < 4.78 is 0. The lowest BCUT2D eigenvalue weighted by Crippen LogP contribution is -2.46. The van der Waals surface area contributed by atoms with Crippen LogP contribution in [0.5, 0.6) is 0 Å². The van der Waals surface area contributed by atoms with Crippen LogP contribution in [-0.4, -0.2) is 40.8 Å². The second-order valence-electron chi connectivity index (χ2n) is 4.61. The highest BCUT2D eigenvalue weighted by Crippen LogP contribution is 2.18. The summed E-state index contributed by atoms with van der Waals surface area (Å²) in [5, 5.41) is 3.11. The summed E-state index contributed by atoms with van der Waals surface area (Å²) in [5.41, 5.74) is 0.433. The minimum Gasteiger partial charge on any atom is -0.353 e. The van der Waals surface area contributed by atoms with Crippen molar-refractivity contribution in [2.24, 2.45) is 0 Å². The van der Waals surface area contributed by atoms with E-state index in [4.69, 9.17) is 11.6 Å². The van der Waals surface area contributed by atoms with Crippen molar-refractivity contribution >= 4 is 23.4 Å². The largest absolute Gasteiger partial charge is 0.353 e. The van der Waals surface area contributed by atoms with E-state index in [1.165, 1.54) is 6.92 Å². The molecule has 0 saturated carbocycles. The van der Waals surface area contributed by atoms with Crippen molar-refractivity contribution in [3.63, 3.8) is 0 Å². The molecule has 2 rings (SSSR count). The maximum absolute atomic E-state index is 12.3. The lowest BCUT2D eigenvalue weighted by molar-refractivity contribution is -0.119. The van der Waals surface area contributed by atoms with E-state index in [1.807, 2.05) is 0 Å². The number of pyridine rings is 1. The molecule has 1 fully saturated rings. The number of hydrogen-bond donors (Lipinski definition) is 1. The number of carbonyl (C=O) groups excluding carboxylic acids is 2. The number of nitrogens with one attached hydrogen (secondary N) is 1. The zero-order valence-corrected chi connectivity index (χ0v) is 11.5. The second kappa shape index (κ2) is 6.02. The van der Waals surface area contributed by atoms with Gasteiger partial charge >= 0.3 is 0 Å². The Bertz CT molecular complexity index is 485. The number of piperidine rings is 1. The van der Waals surface area contributed by atoms with E-state index in [2.05, 4.69) is 10.3 Å². The van der Waals surface area contributed by atoms with Gasteiger partial charge in [0.25, 0.3) is 5.91 Å². The number of amides is 2. The van der Waals surface area contributed by atoms with Gasteiger partial charge in [0.1, 0.15) is 5.15 Å². The lowest BCUT2D eigenvalue weighted by Gasteiger charge is -2.32. The number of halogens is 1. The normalized spacial score (nSPS) is 16.2. The third kappa shape index (κ3) is 3.44. The first-order valence-electron chi connectivity index (χ1n) is 6.25. The second-order valence-corrected chi connectivity index (χ2v) is 4.97. The zero-order chi connectivity index (χ0) is 13.8. The van der Waals surface area contributed by atoms with E-state index in [0.717, 1.165) is 12.8 Å². The Morgan fingerprint density at radius 1 is 1.42 bits per heavy atom. The number of aromatic nitrogens is 1. The monoisotopic (exact) mass is 281 g/mol. The maximum atomic E-state index is 12.3. The third-order valence-corrected chi connectivity index (χ3v) is 3.48. The average molecular weight is 282 g/mol. The summed E-state index contributed by atoms with van der Waals surface area (Å²) in [5.74, 6) is -0.126. The SMILES string of the molecule is CC(=O)NC1CCN(C(=O)c2cccnc2Cl)CC1. The highest BCUT2D eigenvalue weighted by molar-refractivity contribution is 6.32. The van der Waals surface area contributed by atoms with Crippen molar-refractivity contribution < 1.29 is 9.59 Å². The van der Waals surface area contributed by atoms with Crippen LogP contribution in [0.15, 0.2) is 18.3 Å². The Kier molecular flexibility index (Phi) is 4.37. The Balaban J connectivity index is 1.96. The summed E-state index contributed by atoms with van der Waals surface area (Å²) >= 11 is 5.92. The summed E-state index contributed by atoms with van der Waals surface area (Å²) in [6.45, 7) is 2.75. The maximum Gasteiger partial charge on any atom is 0.256 e. The van der Waals surface area contributed by atoms with Gasteiger partial charge in [-0.3, -0.25) is 9.59 Å². The van der Waals surface area contributed by atoms with Crippen LogP contribution in [0.2, 0.25) is 5.15 Å². The van der Waals surface area contributed by atoms with E-state index in [1.54, 1.807) is 23.2 Å². The minimum atomic E-state index is -0.0978. The van der Waals surface area contributed by atoms with Crippen LogP contribution < -0.4 is 5.32 Å². The van der Waals surface area contributed by atoms with E-state index < -0.39 is 0 Å². The number of rotatable bonds is 2. The molecule has 0 unspecified atom stereocenters. The van der Waals surface area contributed by atoms with Crippen LogP contribution in [-0.2, 0) is 4.79 Å². The zero-order valence-electron chi connectivity index (χ0n) is 10.7. The van der Waals surface area contributed by atoms with Gasteiger partial charge in [0, 0.05) is 32.3 Å². The summed E-state index contributed by atoms with van der Waals surface area (Å²) in [4.78, 5) is 28.9. The molecule has 102 valence electrons. The third-order valence-electron chi connectivity index (χ3n) is 3.18. The van der Waals surface area contributed by atoms with Crippen molar-refractivity contribution in [2.75, 3.05) is 13.1 Å². The fourth-order valence-corrected chi connectivity index (χ4v) is 2.43. The molecule has 6 heteroatoms.